The zero-order chi connectivity index (χ0) is 9.19. The predicted molar refractivity (Wildman–Crippen MR) is 59.4 cm³/mol. The Morgan fingerprint density at radius 1 is 1.33 bits per heavy atom. The second kappa shape index (κ2) is 4.09. The Morgan fingerprint density at radius 2 is 1.83 bits per heavy atom. The third-order valence-electron chi connectivity index (χ3n) is 4.05. The second-order valence-corrected chi connectivity index (χ2v) is 5.94. The van der Waals surface area contributed by atoms with E-state index < -0.39 is 0 Å². The molecule has 2 atom stereocenters. The largest absolute Gasteiger partial charge is 0.122 e. The van der Waals surface area contributed by atoms with Crippen LogP contribution >= 0.6 is 8.58 Å². The fraction of sp³-hybridized carbons (Fsp3) is 1.00. The average molecular weight is 186 g/mol. The highest BCUT2D eigenvalue weighted by Crippen LogP contribution is 2.54. The lowest BCUT2D eigenvalue weighted by Gasteiger charge is -2.49. The summed E-state index contributed by atoms with van der Waals surface area (Å²) in [6, 6.07) is 0. The topological polar surface area (TPSA) is 0 Å². The van der Waals surface area contributed by atoms with Gasteiger partial charge < -0.3 is 0 Å². The van der Waals surface area contributed by atoms with Crippen LogP contribution in [0.3, 0.4) is 0 Å². The zero-order valence-corrected chi connectivity index (χ0v) is 9.98. The molecule has 0 aromatic rings. The molecule has 0 nitrogen and oxygen atoms in total. The van der Waals surface area contributed by atoms with E-state index in [0.29, 0.717) is 0 Å². The Balaban J connectivity index is 2.34. The number of hydrogen-bond acceptors (Lipinski definition) is 0. The van der Waals surface area contributed by atoms with E-state index in [2.05, 4.69) is 27.4 Å². The summed E-state index contributed by atoms with van der Waals surface area (Å²) >= 11 is 0. The van der Waals surface area contributed by atoms with E-state index in [4.69, 9.17) is 0 Å². The first-order valence-corrected chi connectivity index (χ1v) is 6.92. The standard InChI is InChI=1S/C11H23P/c1-5-11(6-2)7-10(8-11)9(3)12-4/h9-10,12H,5-8H2,1-4H3. The second-order valence-electron chi connectivity index (χ2n) is 4.45. The molecular formula is C11H23P. The molecule has 72 valence electrons. The first kappa shape index (κ1) is 10.5. The lowest BCUT2D eigenvalue weighted by molar-refractivity contribution is 0.0463. The summed E-state index contributed by atoms with van der Waals surface area (Å²) in [6.45, 7) is 9.50. The Bertz CT molecular complexity index is 130. The molecule has 0 heterocycles. The van der Waals surface area contributed by atoms with Crippen molar-refractivity contribution in [2.75, 3.05) is 6.66 Å². The Morgan fingerprint density at radius 3 is 2.17 bits per heavy atom. The van der Waals surface area contributed by atoms with Crippen molar-refractivity contribution in [3.05, 3.63) is 0 Å². The van der Waals surface area contributed by atoms with Crippen molar-refractivity contribution in [3.8, 4) is 0 Å². The molecule has 0 spiro atoms. The molecule has 1 saturated carbocycles. The van der Waals surface area contributed by atoms with Crippen LogP contribution in [0.1, 0.15) is 46.5 Å². The van der Waals surface area contributed by atoms with Gasteiger partial charge in [-0.15, -0.1) is 8.58 Å². The minimum Gasteiger partial charge on any atom is -0.122 e. The van der Waals surface area contributed by atoms with Gasteiger partial charge in [-0.3, -0.25) is 0 Å². The van der Waals surface area contributed by atoms with E-state index in [9.17, 15) is 0 Å². The molecule has 0 aliphatic heterocycles. The fourth-order valence-electron chi connectivity index (χ4n) is 2.47. The molecule has 0 aromatic carbocycles. The molecule has 0 saturated heterocycles. The Labute approximate surface area is 79.3 Å². The van der Waals surface area contributed by atoms with Crippen LogP contribution in [0.5, 0.6) is 0 Å². The lowest BCUT2D eigenvalue weighted by Crippen LogP contribution is -2.39. The summed E-state index contributed by atoms with van der Waals surface area (Å²) in [6.07, 6.45) is 5.84. The minimum absolute atomic E-state index is 0.762. The van der Waals surface area contributed by atoms with Crippen LogP contribution in [0, 0.1) is 11.3 Å². The van der Waals surface area contributed by atoms with E-state index in [1.165, 1.54) is 25.7 Å². The first-order valence-electron chi connectivity index (χ1n) is 5.34. The van der Waals surface area contributed by atoms with Crippen molar-refractivity contribution >= 4 is 8.58 Å². The van der Waals surface area contributed by atoms with Crippen LogP contribution in [0.25, 0.3) is 0 Å². The van der Waals surface area contributed by atoms with Crippen molar-refractivity contribution < 1.29 is 0 Å². The van der Waals surface area contributed by atoms with Crippen molar-refractivity contribution in [3.63, 3.8) is 0 Å². The van der Waals surface area contributed by atoms with Gasteiger partial charge in [0.15, 0.2) is 0 Å². The highest BCUT2D eigenvalue weighted by atomic mass is 31.1. The predicted octanol–water partition coefficient (Wildman–Crippen LogP) is 3.90. The van der Waals surface area contributed by atoms with Crippen LogP contribution in [-0.2, 0) is 0 Å². The molecule has 0 amide bonds. The van der Waals surface area contributed by atoms with E-state index >= 15 is 0 Å². The maximum absolute atomic E-state index is 2.43. The minimum atomic E-state index is 0.762. The van der Waals surface area contributed by atoms with Crippen molar-refractivity contribution in [2.45, 2.75) is 52.1 Å². The van der Waals surface area contributed by atoms with Gasteiger partial charge >= 0.3 is 0 Å². The van der Waals surface area contributed by atoms with Gasteiger partial charge in [-0.25, -0.2) is 0 Å². The Hall–Kier alpha value is 0.430. The molecule has 1 heteroatoms. The maximum Gasteiger partial charge on any atom is -0.0239 e. The first-order chi connectivity index (χ1) is 5.67. The van der Waals surface area contributed by atoms with Gasteiger partial charge in [0.05, 0.1) is 0 Å². The summed E-state index contributed by atoms with van der Waals surface area (Å²) in [5.41, 5.74) is 1.76. The monoisotopic (exact) mass is 186 g/mol. The van der Waals surface area contributed by atoms with E-state index in [-0.39, 0.29) is 0 Å². The molecule has 0 bridgehead atoms. The maximum atomic E-state index is 2.43. The van der Waals surface area contributed by atoms with Gasteiger partial charge in [0.1, 0.15) is 0 Å². The van der Waals surface area contributed by atoms with E-state index in [1.54, 1.807) is 0 Å². The molecule has 1 fully saturated rings. The van der Waals surface area contributed by atoms with Crippen LogP contribution in [0.4, 0.5) is 0 Å². The quantitative estimate of drug-likeness (QED) is 0.584. The van der Waals surface area contributed by atoms with Gasteiger partial charge in [0, 0.05) is 0 Å². The van der Waals surface area contributed by atoms with Gasteiger partial charge in [-0.2, -0.15) is 0 Å². The third kappa shape index (κ3) is 1.84. The Kier molecular flexibility index (Phi) is 3.58. The fourth-order valence-corrected chi connectivity index (χ4v) is 3.18. The smallest absolute Gasteiger partial charge is 0.0239 e. The van der Waals surface area contributed by atoms with Crippen molar-refractivity contribution in [1.82, 2.24) is 0 Å². The van der Waals surface area contributed by atoms with E-state index in [1.807, 2.05) is 0 Å². The van der Waals surface area contributed by atoms with Crippen LogP contribution in [-0.4, -0.2) is 12.3 Å². The third-order valence-corrected chi connectivity index (χ3v) is 5.43. The van der Waals surface area contributed by atoms with Gasteiger partial charge in [0.2, 0.25) is 0 Å². The van der Waals surface area contributed by atoms with Crippen LogP contribution in [0.2, 0.25) is 0 Å². The molecular weight excluding hydrogens is 163 g/mol. The average Bonchev–Trinajstić information content (AvgIpc) is 2.04. The molecule has 2 unspecified atom stereocenters. The molecule has 0 N–H and O–H groups in total. The summed E-state index contributed by atoms with van der Waals surface area (Å²) in [5.74, 6) is 1.06. The summed E-state index contributed by atoms with van der Waals surface area (Å²) < 4.78 is 0. The molecule has 0 radical (unpaired) electrons. The van der Waals surface area contributed by atoms with Gasteiger partial charge in [0.25, 0.3) is 0 Å². The normalized spacial score (nSPS) is 26.0. The summed E-state index contributed by atoms with van der Waals surface area (Å²) in [7, 11) is 1.15. The van der Waals surface area contributed by atoms with Gasteiger partial charge in [-0.05, 0) is 36.5 Å². The van der Waals surface area contributed by atoms with Gasteiger partial charge in [-0.1, -0.05) is 33.6 Å². The molecule has 12 heavy (non-hydrogen) atoms. The van der Waals surface area contributed by atoms with E-state index in [0.717, 1.165) is 25.6 Å². The van der Waals surface area contributed by atoms with Crippen LogP contribution in [0.15, 0.2) is 0 Å². The lowest BCUT2D eigenvalue weighted by atomic mass is 9.58. The highest BCUT2D eigenvalue weighted by Gasteiger charge is 2.42. The number of hydrogen-bond donors (Lipinski definition) is 0. The molecule has 1 aliphatic rings. The zero-order valence-electron chi connectivity index (χ0n) is 8.98. The highest BCUT2D eigenvalue weighted by molar-refractivity contribution is 7.37. The number of rotatable bonds is 4. The molecule has 1 rings (SSSR count). The summed E-state index contributed by atoms with van der Waals surface area (Å²) in [4.78, 5) is 0. The molecule has 1 aliphatic carbocycles. The van der Waals surface area contributed by atoms with Crippen molar-refractivity contribution in [2.24, 2.45) is 11.3 Å². The SMILES string of the molecule is CCC1(CC)CC(C(C)PC)C1. The summed E-state index contributed by atoms with van der Waals surface area (Å²) in [5, 5.41) is 0. The van der Waals surface area contributed by atoms with Crippen molar-refractivity contribution in [1.29, 1.82) is 0 Å². The van der Waals surface area contributed by atoms with Crippen LogP contribution < -0.4 is 0 Å². The molecule has 0 aromatic heterocycles.